The van der Waals surface area contributed by atoms with Gasteiger partial charge in [-0.2, -0.15) is 0 Å². The molecule has 0 aliphatic carbocycles. The van der Waals surface area contributed by atoms with Gasteiger partial charge in [0.05, 0.1) is 45.4 Å². The van der Waals surface area contributed by atoms with E-state index in [4.69, 9.17) is 9.72 Å². The minimum absolute atomic E-state index is 0.119. The van der Waals surface area contributed by atoms with Gasteiger partial charge in [-0.25, -0.2) is 9.36 Å². The molecule has 0 bridgehead atoms. The van der Waals surface area contributed by atoms with Gasteiger partial charge in [-0.15, -0.1) is 10.2 Å². The summed E-state index contributed by atoms with van der Waals surface area (Å²) < 4.78 is 12.0. The molecule has 5 heterocycles. The summed E-state index contributed by atoms with van der Waals surface area (Å²) in [7, 11) is 3.88. The molecule has 4 aromatic heterocycles. The summed E-state index contributed by atoms with van der Waals surface area (Å²) in [6.45, 7) is 5.56. The molecule has 6 aromatic rings. The average Bonchev–Trinajstić information content (AvgIpc) is 3.61. The molecule has 0 amide bonds. The summed E-state index contributed by atoms with van der Waals surface area (Å²) in [6, 6.07) is 19.9. The summed E-state index contributed by atoms with van der Waals surface area (Å²) in [5, 5.41) is 18.3. The zero-order valence-electron chi connectivity index (χ0n) is 23.2. The van der Waals surface area contributed by atoms with Crippen LogP contribution < -0.4 is 0 Å². The van der Waals surface area contributed by atoms with Crippen LogP contribution in [0.3, 0.4) is 0 Å². The van der Waals surface area contributed by atoms with Crippen LogP contribution in [0.1, 0.15) is 35.8 Å². The molecule has 0 spiro atoms. The fraction of sp³-hybridized carbons (Fsp3) is 0.323. The third-order valence-electron chi connectivity index (χ3n) is 8.31. The molecule has 1 aliphatic heterocycles. The summed E-state index contributed by atoms with van der Waals surface area (Å²) >= 11 is 0. The Morgan fingerprint density at radius 1 is 0.800 bits per heavy atom. The lowest BCUT2D eigenvalue weighted by molar-refractivity contribution is 0.0553. The van der Waals surface area contributed by atoms with Crippen molar-refractivity contribution >= 4 is 21.9 Å². The minimum Gasteiger partial charge on any atom is -0.381 e. The number of hydrogen-bond acceptors (Lipinski definition) is 6. The fourth-order valence-corrected chi connectivity index (χ4v) is 6.51. The Morgan fingerprint density at radius 3 is 2.10 bits per heavy atom. The molecule has 0 saturated carbocycles. The number of hydrogen-bond donors (Lipinski definition) is 0. The van der Waals surface area contributed by atoms with E-state index in [2.05, 4.69) is 79.8 Å². The normalized spacial score (nSPS) is 15.3. The fourth-order valence-electron chi connectivity index (χ4n) is 6.51. The first-order valence-corrected chi connectivity index (χ1v) is 13.8. The Balaban J connectivity index is 1.56. The van der Waals surface area contributed by atoms with Crippen LogP contribution in [-0.4, -0.2) is 52.8 Å². The molecule has 1 fully saturated rings. The first kappa shape index (κ1) is 24.7. The minimum atomic E-state index is 0.119. The van der Waals surface area contributed by atoms with Crippen molar-refractivity contribution in [1.82, 2.24) is 39.5 Å². The second-order valence-corrected chi connectivity index (χ2v) is 10.8. The van der Waals surface area contributed by atoms with Gasteiger partial charge in [0, 0.05) is 50.0 Å². The van der Waals surface area contributed by atoms with E-state index in [0.717, 1.165) is 81.9 Å². The van der Waals surface area contributed by atoms with E-state index < -0.39 is 0 Å². The van der Waals surface area contributed by atoms with E-state index in [0.29, 0.717) is 5.92 Å². The second kappa shape index (κ2) is 9.67. The highest BCUT2D eigenvalue weighted by Crippen LogP contribution is 2.42. The molecule has 0 radical (unpaired) electrons. The molecule has 202 valence electrons. The maximum atomic E-state index is 5.81. The zero-order chi connectivity index (χ0) is 27.4. The molecule has 1 aliphatic rings. The van der Waals surface area contributed by atoms with Crippen molar-refractivity contribution in [2.45, 2.75) is 32.7 Å². The van der Waals surface area contributed by atoms with Gasteiger partial charge in [0.2, 0.25) is 0 Å². The lowest BCUT2D eigenvalue weighted by Crippen LogP contribution is -2.26. The predicted molar refractivity (Wildman–Crippen MR) is 155 cm³/mol. The Hall–Kier alpha value is -4.37. The molecule has 0 unspecified atom stereocenters. The third-order valence-corrected chi connectivity index (χ3v) is 8.31. The number of aryl methyl sites for hydroxylation is 4. The molecule has 40 heavy (non-hydrogen) atoms. The van der Waals surface area contributed by atoms with Gasteiger partial charge >= 0.3 is 0 Å². The van der Waals surface area contributed by atoms with Gasteiger partial charge in [-0.1, -0.05) is 46.8 Å². The number of pyridine rings is 1. The zero-order valence-corrected chi connectivity index (χ0v) is 23.2. The van der Waals surface area contributed by atoms with Crippen molar-refractivity contribution in [3.8, 4) is 22.5 Å². The number of ether oxygens (including phenoxy) is 1. The maximum Gasteiger partial charge on any atom is 0.0960 e. The molecular weight excluding hydrogens is 500 g/mol. The van der Waals surface area contributed by atoms with Gasteiger partial charge < -0.3 is 9.30 Å². The molecule has 2 aromatic carbocycles. The van der Waals surface area contributed by atoms with Gasteiger partial charge in [0.25, 0.3) is 0 Å². The average molecular weight is 533 g/mol. The van der Waals surface area contributed by atoms with E-state index in [1.165, 1.54) is 5.56 Å². The molecule has 0 N–H and O–H groups in total. The van der Waals surface area contributed by atoms with Crippen molar-refractivity contribution < 1.29 is 4.74 Å². The van der Waals surface area contributed by atoms with Crippen LogP contribution in [0, 0.1) is 19.8 Å². The summed E-state index contributed by atoms with van der Waals surface area (Å²) in [5.74, 6) is 0.419. The van der Waals surface area contributed by atoms with Crippen molar-refractivity contribution in [3.63, 3.8) is 0 Å². The van der Waals surface area contributed by atoms with Crippen LogP contribution in [-0.2, 0) is 18.8 Å². The van der Waals surface area contributed by atoms with Crippen molar-refractivity contribution in [3.05, 3.63) is 77.7 Å². The van der Waals surface area contributed by atoms with E-state index >= 15 is 0 Å². The number of rotatable bonds is 5. The molecule has 9 nitrogen and oxygen atoms in total. The Kier molecular flexibility index (Phi) is 5.96. The molecule has 1 atom stereocenters. The molecule has 7 rings (SSSR count). The highest BCUT2D eigenvalue weighted by molar-refractivity contribution is 6.07. The van der Waals surface area contributed by atoms with Crippen LogP contribution in [0.25, 0.3) is 44.5 Å². The standard InChI is InChI=1S/C31H32N8O/c1-19-29(37(3)35-33-19)23-10-11-25-26(16-23)39(31(21-8-6-5-7-9-21)22-12-14-40-15-13-22)27-17-24(18-32-28(25)27)30-20(2)34-36-38(30)4/h5-11,16-18,22,31H,12-15H2,1-4H3/t31-/m1/s1. The summed E-state index contributed by atoms with van der Waals surface area (Å²) in [5.41, 5.74) is 10.4. The largest absolute Gasteiger partial charge is 0.381 e. The number of benzene rings is 2. The number of aromatic nitrogens is 8. The van der Waals surface area contributed by atoms with E-state index in [9.17, 15) is 0 Å². The van der Waals surface area contributed by atoms with E-state index in [1.54, 1.807) is 0 Å². The summed E-state index contributed by atoms with van der Waals surface area (Å²) in [6.07, 6.45) is 3.96. The van der Waals surface area contributed by atoms with Gasteiger partial charge in [0.1, 0.15) is 0 Å². The van der Waals surface area contributed by atoms with E-state index in [1.807, 2.05) is 43.5 Å². The Bertz CT molecular complexity index is 1700. The lowest BCUT2D eigenvalue weighted by atomic mass is 9.86. The highest BCUT2D eigenvalue weighted by Gasteiger charge is 2.30. The molecule has 9 heteroatoms. The van der Waals surface area contributed by atoms with Crippen molar-refractivity contribution in [1.29, 1.82) is 0 Å². The topological polar surface area (TPSA) is 88.5 Å². The highest BCUT2D eigenvalue weighted by atomic mass is 16.5. The molecular formula is C31H32N8O. The quantitative estimate of drug-likeness (QED) is 0.295. The number of nitrogens with zero attached hydrogens (tertiary/aromatic N) is 8. The second-order valence-electron chi connectivity index (χ2n) is 10.8. The first-order valence-electron chi connectivity index (χ1n) is 13.8. The first-order chi connectivity index (χ1) is 19.5. The maximum absolute atomic E-state index is 5.81. The summed E-state index contributed by atoms with van der Waals surface area (Å²) in [4.78, 5) is 5.07. The number of fused-ring (bicyclic) bond motifs is 3. The third kappa shape index (κ3) is 3.92. The van der Waals surface area contributed by atoms with Crippen molar-refractivity contribution in [2.75, 3.05) is 13.2 Å². The predicted octanol–water partition coefficient (Wildman–Crippen LogP) is 5.41. The van der Waals surface area contributed by atoms with Crippen LogP contribution in [0.5, 0.6) is 0 Å². The Morgan fingerprint density at radius 2 is 1.45 bits per heavy atom. The SMILES string of the molecule is Cc1nnn(C)c1-c1ccc2c3ncc(-c4c(C)nnn4C)cc3n([C@H](c3ccccc3)C3CCOCC3)c2c1. The van der Waals surface area contributed by atoms with Gasteiger partial charge in [-0.3, -0.25) is 4.98 Å². The van der Waals surface area contributed by atoms with E-state index in [-0.39, 0.29) is 6.04 Å². The lowest BCUT2D eigenvalue weighted by Gasteiger charge is -2.33. The van der Waals surface area contributed by atoms with Crippen LogP contribution >= 0.6 is 0 Å². The molecule has 1 saturated heterocycles. The van der Waals surface area contributed by atoms with Crippen LogP contribution in [0.2, 0.25) is 0 Å². The Labute approximate surface area is 232 Å². The van der Waals surface area contributed by atoms with Crippen LogP contribution in [0.15, 0.2) is 60.8 Å². The monoisotopic (exact) mass is 532 g/mol. The van der Waals surface area contributed by atoms with Gasteiger partial charge in [-0.05, 0) is 56.4 Å². The smallest absolute Gasteiger partial charge is 0.0960 e. The van der Waals surface area contributed by atoms with Crippen LogP contribution in [0.4, 0.5) is 0 Å². The van der Waals surface area contributed by atoms with Gasteiger partial charge in [0.15, 0.2) is 0 Å². The van der Waals surface area contributed by atoms with Crippen molar-refractivity contribution in [2.24, 2.45) is 20.0 Å².